The summed E-state index contributed by atoms with van der Waals surface area (Å²) in [4.78, 5) is 26.5. The first-order chi connectivity index (χ1) is 15.0. The molecule has 0 bridgehead atoms. The number of hydrogen-bond acceptors (Lipinski definition) is 5. The number of ether oxygens (including phenoxy) is 1. The van der Waals surface area contributed by atoms with E-state index in [-0.39, 0.29) is 42.5 Å². The lowest BCUT2D eigenvalue weighted by Crippen LogP contribution is -2.37. The molecule has 170 valence electrons. The number of aliphatic hydroxyl groups excluding tert-OH is 1. The third-order valence-corrected chi connectivity index (χ3v) is 6.26. The molecule has 0 saturated carbocycles. The Balaban J connectivity index is 1.53. The molecule has 2 aliphatic rings. The maximum Gasteiger partial charge on any atom is 0.241 e. The van der Waals surface area contributed by atoms with Crippen molar-refractivity contribution in [1.29, 1.82) is 0 Å². The second kappa shape index (κ2) is 11.4. The number of anilines is 1. The molecule has 0 unspecified atom stereocenters. The van der Waals surface area contributed by atoms with Gasteiger partial charge in [-0.15, -0.1) is 0 Å². The summed E-state index contributed by atoms with van der Waals surface area (Å²) in [6, 6.07) is 7.60. The molecule has 2 heterocycles. The van der Waals surface area contributed by atoms with Crippen LogP contribution < -0.4 is 10.6 Å². The first kappa shape index (κ1) is 23.4. The van der Waals surface area contributed by atoms with Crippen molar-refractivity contribution in [2.24, 2.45) is 5.92 Å². The first-order valence-corrected chi connectivity index (χ1v) is 11.3. The van der Waals surface area contributed by atoms with Crippen LogP contribution >= 0.6 is 0 Å². The zero-order valence-electron chi connectivity index (χ0n) is 18.5. The monoisotopic (exact) mass is 429 g/mol. The topological polar surface area (TPSA) is 90.9 Å². The molecule has 0 spiro atoms. The van der Waals surface area contributed by atoms with Gasteiger partial charge in [0.2, 0.25) is 11.8 Å². The molecule has 0 radical (unpaired) electrons. The Morgan fingerprint density at radius 3 is 2.71 bits per heavy atom. The molecule has 3 N–H and O–H groups in total. The van der Waals surface area contributed by atoms with E-state index in [2.05, 4.69) is 17.6 Å². The zero-order valence-corrected chi connectivity index (χ0v) is 18.5. The highest BCUT2D eigenvalue weighted by molar-refractivity contribution is 5.95. The van der Waals surface area contributed by atoms with Gasteiger partial charge in [0.15, 0.2) is 0 Å². The SMILES string of the molecule is CO[C@@H](c1ccc(NC(=O)[C@H]2CCCN2)cc1)[C@@H](C)/C=C/CC(=O)N1CCC[C@H]1CO. The van der Waals surface area contributed by atoms with Crippen molar-refractivity contribution in [2.45, 2.75) is 57.2 Å². The molecule has 2 aliphatic heterocycles. The van der Waals surface area contributed by atoms with E-state index in [9.17, 15) is 14.7 Å². The van der Waals surface area contributed by atoms with Crippen LogP contribution in [0.3, 0.4) is 0 Å². The van der Waals surface area contributed by atoms with Gasteiger partial charge < -0.3 is 25.4 Å². The third-order valence-electron chi connectivity index (χ3n) is 6.26. The van der Waals surface area contributed by atoms with Gasteiger partial charge in [-0.1, -0.05) is 31.2 Å². The van der Waals surface area contributed by atoms with Gasteiger partial charge in [-0.05, 0) is 49.9 Å². The van der Waals surface area contributed by atoms with Gasteiger partial charge in [0.25, 0.3) is 0 Å². The van der Waals surface area contributed by atoms with Gasteiger partial charge in [0, 0.05) is 31.7 Å². The van der Waals surface area contributed by atoms with Crippen LogP contribution in [0, 0.1) is 5.92 Å². The van der Waals surface area contributed by atoms with Gasteiger partial charge in [-0.3, -0.25) is 9.59 Å². The second-order valence-electron chi connectivity index (χ2n) is 8.47. The predicted octanol–water partition coefficient (Wildman–Crippen LogP) is 2.63. The largest absolute Gasteiger partial charge is 0.394 e. The minimum atomic E-state index is -0.149. The van der Waals surface area contributed by atoms with Crippen molar-refractivity contribution in [3.63, 3.8) is 0 Å². The van der Waals surface area contributed by atoms with Crippen molar-refractivity contribution in [1.82, 2.24) is 10.2 Å². The molecule has 7 heteroatoms. The number of nitrogens with one attached hydrogen (secondary N) is 2. The Hall–Kier alpha value is -2.22. The van der Waals surface area contributed by atoms with Crippen LogP contribution in [0.5, 0.6) is 0 Å². The first-order valence-electron chi connectivity index (χ1n) is 11.3. The number of aliphatic hydroxyl groups is 1. The molecule has 4 atom stereocenters. The smallest absolute Gasteiger partial charge is 0.241 e. The Kier molecular flexibility index (Phi) is 8.63. The Labute approximate surface area is 184 Å². The minimum absolute atomic E-state index is 0.0101. The summed E-state index contributed by atoms with van der Waals surface area (Å²) in [5, 5.41) is 15.6. The van der Waals surface area contributed by atoms with Crippen LogP contribution in [0.15, 0.2) is 36.4 Å². The lowest BCUT2D eigenvalue weighted by atomic mass is 9.96. The third kappa shape index (κ3) is 6.15. The quantitative estimate of drug-likeness (QED) is 0.525. The molecule has 2 saturated heterocycles. The standard InChI is InChI=1S/C24H35N3O4/c1-17(6-3-9-22(29)27-15-5-7-20(27)16-28)23(31-2)18-10-12-19(13-11-18)26-24(30)21-8-4-14-25-21/h3,6,10-13,17,20-21,23,25,28H,4-5,7-9,14-16H2,1-2H3,(H,26,30)/b6-3+/t17-,20-,21+,23+/m0/s1. The van der Waals surface area contributed by atoms with E-state index in [0.717, 1.165) is 50.0 Å². The van der Waals surface area contributed by atoms with Crippen LogP contribution in [0.25, 0.3) is 0 Å². The van der Waals surface area contributed by atoms with Gasteiger partial charge in [0.05, 0.1) is 24.8 Å². The van der Waals surface area contributed by atoms with Gasteiger partial charge in [0.1, 0.15) is 0 Å². The molecule has 1 aromatic carbocycles. The van der Waals surface area contributed by atoms with Crippen LogP contribution in [0.2, 0.25) is 0 Å². The molecule has 3 rings (SSSR count). The van der Waals surface area contributed by atoms with Crippen molar-refractivity contribution < 1.29 is 19.4 Å². The fourth-order valence-electron chi connectivity index (χ4n) is 4.50. The Morgan fingerprint density at radius 1 is 1.29 bits per heavy atom. The summed E-state index contributed by atoms with van der Waals surface area (Å²) in [6.07, 6.45) is 7.83. The number of carbonyl (C=O) groups is 2. The van der Waals surface area contributed by atoms with Gasteiger partial charge in [-0.25, -0.2) is 0 Å². The molecule has 31 heavy (non-hydrogen) atoms. The molecule has 1 aromatic rings. The summed E-state index contributed by atoms with van der Waals surface area (Å²) in [6.45, 7) is 3.71. The van der Waals surface area contributed by atoms with E-state index in [1.807, 2.05) is 36.4 Å². The summed E-state index contributed by atoms with van der Waals surface area (Å²) in [7, 11) is 1.68. The Bertz CT molecular complexity index is 759. The average Bonchev–Trinajstić information content (AvgIpc) is 3.47. The Morgan fingerprint density at radius 2 is 2.06 bits per heavy atom. The van der Waals surface area contributed by atoms with E-state index in [1.54, 1.807) is 12.0 Å². The van der Waals surface area contributed by atoms with E-state index in [4.69, 9.17) is 4.74 Å². The van der Waals surface area contributed by atoms with Crippen molar-refractivity contribution in [3.05, 3.63) is 42.0 Å². The van der Waals surface area contributed by atoms with Gasteiger partial charge >= 0.3 is 0 Å². The lowest BCUT2D eigenvalue weighted by molar-refractivity contribution is -0.131. The number of amides is 2. The minimum Gasteiger partial charge on any atom is -0.394 e. The van der Waals surface area contributed by atoms with E-state index >= 15 is 0 Å². The van der Waals surface area contributed by atoms with Crippen molar-refractivity contribution in [2.75, 3.05) is 32.1 Å². The van der Waals surface area contributed by atoms with Crippen molar-refractivity contribution in [3.8, 4) is 0 Å². The van der Waals surface area contributed by atoms with E-state index in [1.165, 1.54) is 0 Å². The molecule has 0 aliphatic carbocycles. The highest BCUT2D eigenvalue weighted by Gasteiger charge is 2.27. The highest BCUT2D eigenvalue weighted by Crippen LogP contribution is 2.28. The number of carbonyl (C=O) groups excluding carboxylic acids is 2. The van der Waals surface area contributed by atoms with Crippen LogP contribution in [-0.2, 0) is 14.3 Å². The van der Waals surface area contributed by atoms with Crippen LogP contribution in [0.4, 0.5) is 5.69 Å². The number of rotatable bonds is 9. The molecule has 2 fully saturated rings. The van der Waals surface area contributed by atoms with Crippen LogP contribution in [0.1, 0.15) is 50.7 Å². The molecule has 2 amide bonds. The molecule has 0 aromatic heterocycles. The summed E-state index contributed by atoms with van der Waals surface area (Å²) in [5.74, 6) is 0.148. The number of likely N-dealkylation sites (tertiary alicyclic amines) is 1. The fraction of sp³-hybridized carbons (Fsp3) is 0.583. The normalized spacial score (nSPS) is 23.3. The van der Waals surface area contributed by atoms with Crippen LogP contribution in [-0.4, -0.2) is 60.7 Å². The number of methoxy groups -OCH3 is 1. The zero-order chi connectivity index (χ0) is 22.2. The van der Waals surface area contributed by atoms with Gasteiger partial charge in [-0.2, -0.15) is 0 Å². The fourth-order valence-corrected chi connectivity index (χ4v) is 4.50. The maximum absolute atomic E-state index is 12.4. The summed E-state index contributed by atoms with van der Waals surface area (Å²) in [5.41, 5.74) is 1.79. The average molecular weight is 430 g/mol. The predicted molar refractivity (Wildman–Crippen MR) is 121 cm³/mol. The summed E-state index contributed by atoms with van der Waals surface area (Å²) >= 11 is 0. The van der Waals surface area contributed by atoms with Crippen molar-refractivity contribution >= 4 is 17.5 Å². The second-order valence-corrected chi connectivity index (χ2v) is 8.47. The molecular formula is C24H35N3O4. The number of hydrogen-bond donors (Lipinski definition) is 3. The molecule has 7 nitrogen and oxygen atoms in total. The summed E-state index contributed by atoms with van der Waals surface area (Å²) < 4.78 is 5.72. The van der Waals surface area contributed by atoms with E-state index in [0.29, 0.717) is 6.42 Å². The lowest BCUT2D eigenvalue weighted by Gasteiger charge is -2.23. The highest BCUT2D eigenvalue weighted by atomic mass is 16.5. The number of benzene rings is 1. The van der Waals surface area contributed by atoms with E-state index < -0.39 is 0 Å². The maximum atomic E-state index is 12.4. The number of nitrogens with zero attached hydrogens (tertiary/aromatic N) is 1. The molecular weight excluding hydrogens is 394 g/mol.